The third kappa shape index (κ3) is 3.97. The lowest BCUT2D eigenvalue weighted by Crippen LogP contribution is -2.29. The lowest BCUT2D eigenvalue weighted by molar-refractivity contribution is -0.167. The molecule has 0 amide bonds. The highest BCUT2D eigenvalue weighted by atomic mass is 16.6. The van der Waals surface area contributed by atoms with Crippen molar-refractivity contribution in [1.82, 2.24) is 4.57 Å². The Labute approximate surface area is 158 Å². The molecule has 1 aromatic heterocycles. The maximum Gasteiger partial charge on any atom is 0.344 e. The molecule has 3 aromatic rings. The summed E-state index contributed by atoms with van der Waals surface area (Å²) < 4.78 is 12.5. The van der Waals surface area contributed by atoms with Crippen LogP contribution in [0.1, 0.15) is 40.2 Å². The van der Waals surface area contributed by atoms with E-state index in [-0.39, 0.29) is 6.61 Å². The highest BCUT2D eigenvalue weighted by molar-refractivity contribution is 6.08. The third-order valence-corrected chi connectivity index (χ3v) is 4.34. The highest BCUT2D eigenvalue weighted by Gasteiger charge is 2.26. The SMILES string of the molecule is CCC(C(=O)OCC(=O)OC(C)(C)C)n1c2ccccc2c2ccccc21. The first-order valence-corrected chi connectivity index (χ1v) is 9.18. The lowest BCUT2D eigenvalue weighted by Gasteiger charge is -2.21. The average molecular weight is 367 g/mol. The van der Waals surface area contributed by atoms with Crippen LogP contribution in [0.4, 0.5) is 0 Å². The van der Waals surface area contributed by atoms with Crippen molar-refractivity contribution in [2.45, 2.75) is 45.8 Å². The molecule has 0 spiro atoms. The lowest BCUT2D eigenvalue weighted by atomic mass is 10.2. The van der Waals surface area contributed by atoms with E-state index in [1.807, 2.05) is 60.0 Å². The van der Waals surface area contributed by atoms with Gasteiger partial charge in [-0.05, 0) is 39.3 Å². The molecular formula is C22H25NO4. The predicted molar refractivity (Wildman–Crippen MR) is 106 cm³/mol. The molecule has 0 aliphatic heterocycles. The van der Waals surface area contributed by atoms with E-state index >= 15 is 0 Å². The van der Waals surface area contributed by atoms with Crippen molar-refractivity contribution in [3.8, 4) is 0 Å². The summed E-state index contributed by atoms with van der Waals surface area (Å²) in [6.07, 6.45) is 0.551. The van der Waals surface area contributed by atoms with Crippen molar-refractivity contribution in [3.05, 3.63) is 48.5 Å². The number of fused-ring (bicyclic) bond motifs is 3. The van der Waals surface area contributed by atoms with E-state index in [4.69, 9.17) is 9.47 Å². The standard InChI is InChI=1S/C22H25NO4/c1-5-17(21(25)26-14-20(24)27-22(2,3)4)23-18-12-8-6-10-15(18)16-11-7-9-13-19(16)23/h6-13,17H,5,14H2,1-4H3. The second-order valence-electron chi connectivity index (χ2n) is 7.52. The molecule has 0 saturated heterocycles. The summed E-state index contributed by atoms with van der Waals surface area (Å²) in [5.41, 5.74) is 1.33. The smallest absolute Gasteiger partial charge is 0.344 e. The number of ether oxygens (including phenoxy) is 2. The van der Waals surface area contributed by atoms with E-state index in [0.717, 1.165) is 21.8 Å². The molecule has 0 radical (unpaired) electrons. The van der Waals surface area contributed by atoms with E-state index < -0.39 is 23.6 Å². The fourth-order valence-corrected chi connectivity index (χ4v) is 3.34. The number of nitrogens with zero attached hydrogens (tertiary/aromatic N) is 1. The quantitative estimate of drug-likeness (QED) is 0.617. The number of carbonyl (C=O) groups is 2. The van der Waals surface area contributed by atoms with Crippen molar-refractivity contribution in [3.63, 3.8) is 0 Å². The Kier molecular flexibility index (Phi) is 5.22. The van der Waals surface area contributed by atoms with Gasteiger partial charge in [0.2, 0.25) is 0 Å². The van der Waals surface area contributed by atoms with Crippen LogP contribution in [0.2, 0.25) is 0 Å². The summed E-state index contributed by atoms with van der Waals surface area (Å²) in [6.45, 7) is 6.88. The number of benzene rings is 2. The van der Waals surface area contributed by atoms with Crippen molar-refractivity contribution >= 4 is 33.7 Å². The van der Waals surface area contributed by atoms with Crippen molar-refractivity contribution < 1.29 is 19.1 Å². The first-order chi connectivity index (χ1) is 12.8. The van der Waals surface area contributed by atoms with Gasteiger partial charge in [0.15, 0.2) is 6.61 Å². The zero-order chi connectivity index (χ0) is 19.6. The van der Waals surface area contributed by atoms with E-state index in [2.05, 4.69) is 0 Å². The molecular weight excluding hydrogens is 342 g/mol. The Morgan fingerprint density at radius 2 is 1.48 bits per heavy atom. The molecule has 5 heteroatoms. The number of para-hydroxylation sites is 2. The second kappa shape index (κ2) is 7.43. The van der Waals surface area contributed by atoms with Crippen molar-refractivity contribution in [2.75, 3.05) is 6.61 Å². The number of esters is 2. The number of aromatic nitrogens is 1. The van der Waals surface area contributed by atoms with E-state index in [0.29, 0.717) is 6.42 Å². The van der Waals surface area contributed by atoms with Gasteiger partial charge in [0.25, 0.3) is 0 Å². The number of hydrogen-bond donors (Lipinski definition) is 0. The maximum absolute atomic E-state index is 12.8. The largest absolute Gasteiger partial charge is 0.457 e. The first-order valence-electron chi connectivity index (χ1n) is 9.18. The van der Waals surface area contributed by atoms with E-state index in [1.54, 1.807) is 20.8 Å². The van der Waals surface area contributed by atoms with Crippen LogP contribution >= 0.6 is 0 Å². The summed E-state index contributed by atoms with van der Waals surface area (Å²) in [5.74, 6) is -0.984. The zero-order valence-corrected chi connectivity index (χ0v) is 16.2. The Morgan fingerprint density at radius 1 is 0.963 bits per heavy atom. The minimum atomic E-state index is -0.611. The van der Waals surface area contributed by atoms with Crippen LogP contribution in [0, 0.1) is 0 Å². The third-order valence-electron chi connectivity index (χ3n) is 4.34. The summed E-state index contributed by atoms with van der Waals surface area (Å²) in [6, 6.07) is 15.5. The molecule has 5 nitrogen and oxygen atoms in total. The molecule has 0 aliphatic carbocycles. The van der Waals surface area contributed by atoms with Crippen LogP contribution in [-0.2, 0) is 19.1 Å². The molecule has 1 atom stereocenters. The Hall–Kier alpha value is -2.82. The van der Waals surface area contributed by atoms with Crippen LogP contribution in [0.25, 0.3) is 21.8 Å². The van der Waals surface area contributed by atoms with Crippen LogP contribution < -0.4 is 0 Å². The molecule has 0 bridgehead atoms. The molecule has 1 heterocycles. The summed E-state index contributed by atoms with van der Waals surface area (Å²) in [5, 5.41) is 2.18. The van der Waals surface area contributed by atoms with Gasteiger partial charge >= 0.3 is 11.9 Å². The van der Waals surface area contributed by atoms with Gasteiger partial charge in [-0.25, -0.2) is 9.59 Å². The molecule has 27 heavy (non-hydrogen) atoms. The minimum absolute atomic E-state index is 0.385. The van der Waals surface area contributed by atoms with Crippen molar-refractivity contribution in [1.29, 1.82) is 0 Å². The molecule has 0 fully saturated rings. The van der Waals surface area contributed by atoms with Gasteiger partial charge in [-0.15, -0.1) is 0 Å². The molecule has 142 valence electrons. The van der Waals surface area contributed by atoms with Gasteiger partial charge in [-0.3, -0.25) is 0 Å². The number of rotatable bonds is 5. The van der Waals surface area contributed by atoms with Crippen LogP contribution in [0.3, 0.4) is 0 Å². The molecule has 3 rings (SSSR count). The van der Waals surface area contributed by atoms with Gasteiger partial charge in [-0.1, -0.05) is 43.3 Å². The molecule has 0 aliphatic rings. The van der Waals surface area contributed by atoms with Crippen LogP contribution in [0.15, 0.2) is 48.5 Å². The topological polar surface area (TPSA) is 57.5 Å². The second-order valence-corrected chi connectivity index (χ2v) is 7.52. The van der Waals surface area contributed by atoms with Crippen molar-refractivity contribution in [2.24, 2.45) is 0 Å². The minimum Gasteiger partial charge on any atom is -0.457 e. The summed E-state index contributed by atoms with van der Waals surface area (Å²) >= 11 is 0. The summed E-state index contributed by atoms with van der Waals surface area (Å²) in [4.78, 5) is 24.7. The fourth-order valence-electron chi connectivity index (χ4n) is 3.34. The number of carbonyl (C=O) groups excluding carboxylic acids is 2. The molecule has 1 unspecified atom stereocenters. The maximum atomic E-state index is 12.8. The van der Waals surface area contributed by atoms with Crippen LogP contribution in [0.5, 0.6) is 0 Å². The highest BCUT2D eigenvalue weighted by Crippen LogP contribution is 2.33. The molecule has 2 aromatic carbocycles. The number of hydrogen-bond acceptors (Lipinski definition) is 4. The summed E-state index contributed by atoms with van der Waals surface area (Å²) in [7, 11) is 0. The van der Waals surface area contributed by atoms with Crippen LogP contribution in [-0.4, -0.2) is 28.7 Å². The van der Waals surface area contributed by atoms with Gasteiger partial charge in [-0.2, -0.15) is 0 Å². The van der Waals surface area contributed by atoms with Gasteiger partial charge in [0.05, 0.1) is 0 Å². The van der Waals surface area contributed by atoms with Gasteiger partial charge < -0.3 is 14.0 Å². The monoisotopic (exact) mass is 367 g/mol. The fraction of sp³-hybridized carbons (Fsp3) is 0.364. The van der Waals surface area contributed by atoms with E-state index in [9.17, 15) is 9.59 Å². The predicted octanol–water partition coefficient (Wildman–Crippen LogP) is 4.63. The molecule has 0 N–H and O–H groups in total. The van der Waals surface area contributed by atoms with Gasteiger partial charge in [0.1, 0.15) is 11.6 Å². The Morgan fingerprint density at radius 3 is 1.96 bits per heavy atom. The Balaban J connectivity index is 1.91. The average Bonchev–Trinajstić information content (AvgIpc) is 2.94. The molecule has 0 saturated carbocycles. The van der Waals surface area contributed by atoms with Gasteiger partial charge in [0, 0.05) is 21.8 Å². The van der Waals surface area contributed by atoms with E-state index in [1.165, 1.54) is 0 Å². The Bertz CT molecular complexity index is 928. The normalized spacial score (nSPS) is 12.9. The first kappa shape index (κ1) is 19.0. The zero-order valence-electron chi connectivity index (χ0n) is 16.2.